The Balaban J connectivity index is 2.07. The van der Waals surface area contributed by atoms with Crippen LogP contribution in [0.25, 0.3) is 0 Å². The Hall–Kier alpha value is -2.34. The number of hydrogen-bond acceptors (Lipinski definition) is 4. The number of fused-ring (bicyclic) bond motifs is 1. The van der Waals surface area contributed by atoms with Gasteiger partial charge in [-0.3, -0.25) is 4.31 Å². The molecule has 5 nitrogen and oxygen atoms in total. The maximum Gasteiger partial charge on any atom is 0.338 e. The van der Waals surface area contributed by atoms with E-state index in [1.807, 2.05) is 18.2 Å². The summed E-state index contributed by atoms with van der Waals surface area (Å²) in [6, 6.07) is 12.0. The minimum atomic E-state index is -3.71. The molecule has 0 radical (unpaired) electrons. The van der Waals surface area contributed by atoms with Gasteiger partial charge >= 0.3 is 5.97 Å². The molecule has 0 aromatic heterocycles. The van der Waals surface area contributed by atoms with Crippen LogP contribution in [0.1, 0.15) is 21.5 Å². The highest BCUT2D eigenvalue weighted by molar-refractivity contribution is 7.92. The normalized spacial score (nSPS) is 13.7. The highest BCUT2D eigenvalue weighted by Gasteiger charge is 2.31. The van der Waals surface area contributed by atoms with Crippen LogP contribution in [0, 0.1) is 6.92 Å². The molecule has 0 atom stereocenters. The number of sulfonamides is 1. The van der Waals surface area contributed by atoms with Crippen LogP contribution in [-0.4, -0.2) is 28.0 Å². The maximum atomic E-state index is 12.9. The van der Waals surface area contributed by atoms with Crippen LogP contribution in [0.2, 0.25) is 0 Å². The lowest BCUT2D eigenvalue weighted by Crippen LogP contribution is -2.29. The Morgan fingerprint density at radius 2 is 1.91 bits per heavy atom. The van der Waals surface area contributed by atoms with Crippen molar-refractivity contribution < 1.29 is 17.9 Å². The van der Waals surface area contributed by atoms with Gasteiger partial charge in [0, 0.05) is 6.54 Å². The van der Waals surface area contributed by atoms with E-state index in [9.17, 15) is 13.2 Å². The SMILES string of the molecule is COC(=O)c1cc(S(=O)(=O)N2CCc3ccccc32)ccc1C. The predicted octanol–water partition coefficient (Wildman–Crippen LogP) is 2.53. The molecule has 0 unspecified atom stereocenters. The number of aryl methyl sites for hydroxylation is 1. The smallest absolute Gasteiger partial charge is 0.338 e. The molecule has 120 valence electrons. The summed E-state index contributed by atoms with van der Waals surface area (Å²) in [5.74, 6) is -0.540. The number of benzene rings is 2. The number of carbonyl (C=O) groups excluding carboxylic acids is 1. The Kier molecular flexibility index (Phi) is 3.85. The average Bonchev–Trinajstić information content (AvgIpc) is 2.99. The number of anilines is 1. The highest BCUT2D eigenvalue weighted by atomic mass is 32.2. The van der Waals surface area contributed by atoms with Gasteiger partial charge in [0.25, 0.3) is 10.0 Å². The van der Waals surface area contributed by atoms with E-state index in [4.69, 9.17) is 4.74 Å². The van der Waals surface area contributed by atoms with E-state index >= 15 is 0 Å². The van der Waals surface area contributed by atoms with Gasteiger partial charge < -0.3 is 4.74 Å². The molecule has 0 amide bonds. The van der Waals surface area contributed by atoms with Crippen molar-refractivity contribution in [3.8, 4) is 0 Å². The summed E-state index contributed by atoms with van der Waals surface area (Å²) in [4.78, 5) is 11.9. The van der Waals surface area contributed by atoms with Gasteiger partial charge in [-0.15, -0.1) is 0 Å². The molecule has 1 aliphatic rings. The van der Waals surface area contributed by atoms with Crippen molar-refractivity contribution in [1.29, 1.82) is 0 Å². The van der Waals surface area contributed by atoms with Crippen molar-refractivity contribution >= 4 is 21.7 Å². The number of nitrogens with zero attached hydrogens (tertiary/aromatic N) is 1. The van der Waals surface area contributed by atoms with Crippen LogP contribution in [0.15, 0.2) is 47.4 Å². The quantitative estimate of drug-likeness (QED) is 0.811. The first-order valence-electron chi connectivity index (χ1n) is 7.25. The third kappa shape index (κ3) is 2.59. The van der Waals surface area contributed by atoms with E-state index in [-0.39, 0.29) is 10.5 Å². The number of para-hydroxylation sites is 1. The van der Waals surface area contributed by atoms with E-state index in [1.54, 1.807) is 19.1 Å². The van der Waals surface area contributed by atoms with E-state index in [2.05, 4.69) is 0 Å². The second-order valence-electron chi connectivity index (χ2n) is 5.42. The molecular formula is C17H17NO4S. The lowest BCUT2D eigenvalue weighted by atomic mass is 10.1. The second kappa shape index (κ2) is 5.70. The van der Waals surface area contributed by atoms with Crippen molar-refractivity contribution in [2.75, 3.05) is 18.0 Å². The van der Waals surface area contributed by atoms with Crippen LogP contribution in [-0.2, 0) is 21.2 Å². The zero-order chi connectivity index (χ0) is 16.6. The molecule has 0 spiro atoms. The standard InChI is InChI=1S/C17H17NO4S/c1-12-7-8-14(11-15(12)17(19)22-2)23(20,21)18-10-9-13-5-3-4-6-16(13)18/h3-8,11H,9-10H2,1-2H3. The number of esters is 1. The third-order valence-corrected chi connectivity index (χ3v) is 5.86. The summed E-state index contributed by atoms with van der Waals surface area (Å²) >= 11 is 0. The monoisotopic (exact) mass is 331 g/mol. The molecule has 0 bridgehead atoms. The Bertz CT molecular complexity index is 874. The Morgan fingerprint density at radius 3 is 2.65 bits per heavy atom. The minimum absolute atomic E-state index is 0.0974. The van der Waals surface area contributed by atoms with Gasteiger partial charge in [0.15, 0.2) is 0 Å². The molecule has 2 aromatic rings. The van der Waals surface area contributed by atoms with Crippen LogP contribution < -0.4 is 4.31 Å². The molecule has 0 N–H and O–H groups in total. The van der Waals surface area contributed by atoms with Crippen molar-refractivity contribution in [3.63, 3.8) is 0 Å². The van der Waals surface area contributed by atoms with Gasteiger partial charge in [-0.1, -0.05) is 24.3 Å². The van der Waals surface area contributed by atoms with Crippen LogP contribution in [0.3, 0.4) is 0 Å². The Labute approximate surface area is 135 Å². The molecule has 23 heavy (non-hydrogen) atoms. The summed E-state index contributed by atoms with van der Waals surface area (Å²) < 4.78 is 32.0. The molecule has 1 heterocycles. The zero-order valence-electron chi connectivity index (χ0n) is 12.9. The fraction of sp³-hybridized carbons (Fsp3) is 0.235. The number of carbonyl (C=O) groups is 1. The van der Waals surface area contributed by atoms with Crippen molar-refractivity contribution in [2.45, 2.75) is 18.2 Å². The van der Waals surface area contributed by atoms with E-state index in [0.29, 0.717) is 24.2 Å². The summed E-state index contributed by atoms with van der Waals surface area (Å²) in [5, 5.41) is 0. The molecule has 0 saturated heterocycles. The van der Waals surface area contributed by atoms with Gasteiger partial charge in [0.05, 0.1) is 23.3 Å². The van der Waals surface area contributed by atoms with Gasteiger partial charge in [0.2, 0.25) is 0 Å². The average molecular weight is 331 g/mol. The summed E-state index contributed by atoms with van der Waals surface area (Å²) in [6.45, 7) is 2.15. The first-order valence-corrected chi connectivity index (χ1v) is 8.69. The van der Waals surface area contributed by atoms with Gasteiger partial charge in [0.1, 0.15) is 0 Å². The lowest BCUT2D eigenvalue weighted by molar-refractivity contribution is 0.0599. The summed E-state index contributed by atoms with van der Waals surface area (Å²) in [6.07, 6.45) is 0.686. The summed E-state index contributed by atoms with van der Waals surface area (Å²) in [5.41, 5.74) is 2.66. The number of rotatable bonds is 3. The number of ether oxygens (including phenoxy) is 1. The number of methoxy groups -OCH3 is 1. The van der Waals surface area contributed by atoms with Crippen LogP contribution >= 0.6 is 0 Å². The third-order valence-electron chi connectivity index (χ3n) is 4.05. The Morgan fingerprint density at radius 1 is 1.17 bits per heavy atom. The number of hydrogen-bond donors (Lipinski definition) is 0. The van der Waals surface area contributed by atoms with E-state index < -0.39 is 16.0 Å². The van der Waals surface area contributed by atoms with Crippen molar-refractivity contribution in [3.05, 3.63) is 59.2 Å². The van der Waals surface area contributed by atoms with Crippen molar-refractivity contribution in [1.82, 2.24) is 0 Å². The largest absolute Gasteiger partial charge is 0.465 e. The lowest BCUT2D eigenvalue weighted by Gasteiger charge is -2.20. The summed E-state index contributed by atoms with van der Waals surface area (Å²) in [7, 11) is -2.43. The van der Waals surface area contributed by atoms with Crippen LogP contribution in [0.4, 0.5) is 5.69 Å². The minimum Gasteiger partial charge on any atom is -0.465 e. The molecule has 3 rings (SSSR count). The molecule has 0 aliphatic carbocycles. The van der Waals surface area contributed by atoms with E-state index in [0.717, 1.165) is 5.56 Å². The van der Waals surface area contributed by atoms with Gasteiger partial charge in [-0.25, -0.2) is 13.2 Å². The molecule has 6 heteroatoms. The van der Waals surface area contributed by atoms with E-state index in [1.165, 1.54) is 23.5 Å². The molecule has 1 aliphatic heterocycles. The van der Waals surface area contributed by atoms with Gasteiger partial charge in [-0.2, -0.15) is 0 Å². The van der Waals surface area contributed by atoms with Gasteiger partial charge in [-0.05, 0) is 42.7 Å². The van der Waals surface area contributed by atoms with Crippen molar-refractivity contribution in [2.24, 2.45) is 0 Å². The fourth-order valence-electron chi connectivity index (χ4n) is 2.78. The molecule has 0 saturated carbocycles. The zero-order valence-corrected chi connectivity index (χ0v) is 13.8. The first kappa shape index (κ1) is 15.6. The molecule has 2 aromatic carbocycles. The second-order valence-corrected chi connectivity index (χ2v) is 7.29. The molecule has 0 fully saturated rings. The predicted molar refractivity (Wildman–Crippen MR) is 87.2 cm³/mol. The maximum absolute atomic E-state index is 12.9. The highest BCUT2D eigenvalue weighted by Crippen LogP contribution is 2.33. The first-order chi connectivity index (χ1) is 10.9. The molecular weight excluding hydrogens is 314 g/mol. The van der Waals surface area contributed by atoms with Crippen LogP contribution in [0.5, 0.6) is 0 Å². The fourth-order valence-corrected chi connectivity index (χ4v) is 4.31. The topological polar surface area (TPSA) is 63.7 Å².